The zero-order valence-electron chi connectivity index (χ0n) is 11.5. The molecule has 1 aromatic carbocycles. The van der Waals surface area contributed by atoms with Gasteiger partial charge in [0.05, 0.1) is 0 Å². The molecule has 1 saturated carbocycles. The van der Waals surface area contributed by atoms with Crippen LogP contribution in [0.25, 0.3) is 0 Å². The van der Waals surface area contributed by atoms with Gasteiger partial charge < -0.3 is 5.73 Å². The summed E-state index contributed by atoms with van der Waals surface area (Å²) in [5.41, 5.74) is 7.62. The smallest absolute Gasteiger partial charge is 0.104 e. The summed E-state index contributed by atoms with van der Waals surface area (Å²) in [4.78, 5) is 2.93. The fourth-order valence-electron chi connectivity index (χ4n) is 2.30. The Morgan fingerprint density at radius 2 is 2.16 bits per heavy atom. The van der Waals surface area contributed by atoms with Crippen molar-refractivity contribution in [1.82, 2.24) is 4.90 Å². The molecule has 1 fully saturated rings. The Balaban J connectivity index is 2.10. The van der Waals surface area contributed by atoms with Crippen LogP contribution in [0.4, 0.5) is 0 Å². The Kier molecular flexibility index (Phi) is 4.82. The van der Waals surface area contributed by atoms with Crippen LogP contribution in [-0.2, 0) is 6.54 Å². The van der Waals surface area contributed by atoms with Crippen molar-refractivity contribution >= 4 is 28.8 Å². The second-order valence-electron chi connectivity index (χ2n) is 5.72. The molecule has 0 spiro atoms. The lowest BCUT2D eigenvalue weighted by molar-refractivity contribution is 0.226. The summed E-state index contributed by atoms with van der Waals surface area (Å²) in [6.07, 6.45) is 2.63. The van der Waals surface area contributed by atoms with Crippen LogP contribution < -0.4 is 5.73 Å². The van der Waals surface area contributed by atoms with Gasteiger partial charge in [0.2, 0.25) is 0 Å². The fraction of sp³-hybridized carbons (Fsp3) is 0.533. The molecule has 0 atom stereocenters. The van der Waals surface area contributed by atoms with E-state index in [4.69, 9.17) is 29.6 Å². The summed E-state index contributed by atoms with van der Waals surface area (Å²) < 4.78 is 0. The molecule has 1 aliphatic carbocycles. The lowest BCUT2D eigenvalue weighted by Gasteiger charge is -2.24. The Labute approximate surface area is 125 Å². The topological polar surface area (TPSA) is 29.3 Å². The van der Waals surface area contributed by atoms with Crippen LogP contribution in [0, 0.1) is 5.92 Å². The lowest BCUT2D eigenvalue weighted by Crippen LogP contribution is -2.29. The molecule has 0 saturated heterocycles. The number of thiocarbonyl (C=S) groups is 1. The van der Waals surface area contributed by atoms with E-state index in [2.05, 4.69) is 18.7 Å². The number of halogens is 1. The van der Waals surface area contributed by atoms with E-state index in [-0.39, 0.29) is 0 Å². The molecule has 0 aliphatic heterocycles. The molecule has 2 N–H and O–H groups in total. The first-order valence-electron chi connectivity index (χ1n) is 6.79. The Hall–Kier alpha value is -0.640. The quantitative estimate of drug-likeness (QED) is 0.814. The van der Waals surface area contributed by atoms with Gasteiger partial charge in [0, 0.05) is 29.7 Å². The van der Waals surface area contributed by atoms with Gasteiger partial charge in [-0.3, -0.25) is 4.90 Å². The van der Waals surface area contributed by atoms with Crippen molar-refractivity contribution in [1.29, 1.82) is 0 Å². The van der Waals surface area contributed by atoms with Crippen LogP contribution in [0.1, 0.15) is 37.8 Å². The molecule has 2 rings (SSSR count). The largest absolute Gasteiger partial charge is 0.389 e. The second-order valence-corrected chi connectivity index (χ2v) is 6.57. The maximum absolute atomic E-state index is 6.34. The molecule has 0 unspecified atom stereocenters. The third-order valence-electron chi connectivity index (χ3n) is 3.37. The van der Waals surface area contributed by atoms with Crippen LogP contribution in [0.3, 0.4) is 0 Å². The second kappa shape index (κ2) is 6.21. The van der Waals surface area contributed by atoms with Gasteiger partial charge in [0.1, 0.15) is 4.99 Å². The number of hydrogen-bond acceptors (Lipinski definition) is 2. The van der Waals surface area contributed by atoms with Gasteiger partial charge in [-0.25, -0.2) is 0 Å². The van der Waals surface area contributed by atoms with Gasteiger partial charge in [-0.2, -0.15) is 0 Å². The normalized spacial score (nSPS) is 15.2. The number of rotatable bonds is 6. The molecule has 0 aromatic heterocycles. The van der Waals surface area contributed by atoms with Crippen LogP contribution in [0.5, 0.6) is 0 Å². The molecule has 0 radical (unpaired) electrons. The van der Waals surface area contributed by atoms with E-state index in [0.29, 0.717) is 10.9 Å². The summed E-state index contributed by atoms with van der Waals surface area (Å²) in [5, 5.41) is 0.764. The van der Waals surface area contributed by atoms with Crippen LogP contribution in [-0.4, -0.2) is 22.5 Å². The van der Waals surface area contributed by atoms with E-state index in [9.17, 15) is 0 Å². The molecule has 0 bridgehead atoms. The minimum absolute atomic E-state index is 0.398. The molecule has 104 valence electrons. The number of nitrogens with zero attached hydrogens (tertiary/aromatic N) is 1. The number of benzene rings is 1. The van der Waals surface area contributed by atoms with E-state index in [1.807, 2.05) is 18.2 Å². The average molecular weight is 297 g/mol. The van der Waals surface area contributed by atoms with Crippen molar-refractivity contribution in [3.63, 3.8) is 0 Å². The van der Waals surface area contributed by atoms with Crippen LogP contribution in [0.2, 0.25) is 5.02 Å². The Bertz CT molecular complexity index is 469. The molecule has 0 amide bonds. The highest BCUT2D eigenvalue weighted by Crippen LogP contribution is 2.30. The number of hydrogen-bond donors (Lipinski definition) is 1. The molecular formula is C15H21ClN2S. The van der Waals surface area contributed by atoms with Gasteiger partial charge in [0.15, 0.2) is 0 Å². The number of nitrogens with two attached hydrogens (primary N) is 1. The van der Waals surface area contributed by atoms with Crippen molar-refractivity contribution in [2.24, 2.45) is 11.7 Å². The summed E-state index contributed by atoms with van der Waals surface area (Å²) in [7, 11) is 0. The summed E-state index contributed by atoms with van der Waals surface area (Å²) in [6, 6.07) is 6.63. The van der Waals surface area contributed by atoms with Gasteiger partial charge in [-0.05, 0) is 30.4 Å². The maximum Gasteiger partial charge on any atom is 0.104 e. The standard InChI is InChI=1S/C15H21ClN2S/c1-10(2)8-18(13-5-6-13)9-12-4-3-11(15(17)19)7-14(12)16/h3-4,7,10,13H,5-6,8-9H2,1-2H3,(H2,17,19). The van der Waals surface area contributed by atoms with Crippen LogP contribution >= 0.6 is 23.8 Å². The van der Waals surface area contributed by atoms with Crippen molar-refractivity contribution < 1.29 is 0 Å². The third-order valence-corrected chi connectivity index (χ3v) is 3.96. The van der Waals surface area contributed by atoms with E-state index in [1.165, 1.54) is 12.8 Å². The predicted octanol–water partition coefficient (Wildman–Crippen LogP) is 3.59. The van der Waals surface area contributed by atoms with Gasteiger partial charge >= 0.3 is 0 Å². The molecule has 1 aliphatic rings. The SMILES string of the molecule is CC(C)CN(Cc1ccc(C(N)=S)cc1Cl)C1CC1. The van der Waals surface area contributed by atoms with E-state index in [0.717, 1.165) is 35.3 Å². The minimum atomic E-state index is 0.398. The van der Waals surface area contributed by atoms with Crippen molar-refractivity contribution in [2.45, 2.75) is 39.3 Å². The summed E-state index contributed by atoms with van der Waals surface area (Å²) in [6.45, 7) is 6.55. The molecule has 2 nitrogen and oxygen atoms in total. The monoisotopic (exact) mass is 296 g/mol. The Morgan fingerprint density at radius 3 is 2.63 bits per heavy atom. The highest BCUT2D eigenvalue weighted by Gasteiger charge is 2.29. The van der Waals surface area contributed by atoms with Crippen molar-refractivity contribution in [2.75, 3.05) is 6.54 Å². The molecule has 1 aromatic rings. The van der Waals surface area contributed by atoms with E-state index < -0.39 is 0 Å². The first-order chi connectivity index (χ1) is 8.97. The van der Waals surface area contributed by atoms with E-state index >= 15 is 0 Å². The lowest BCUT2D eigenvalue weighted by atomic mass is 10.1. The first-order valence-corrected chi connectivity index (χ1v) is 7.58. The first kappa shape index (κ1) is 14.8. The summed E-state index contributed by atoms with van der Waals surface area (Å²) in [5.74, 6) is 0.676. The van der Waals surface area contributed by atoms with E-state index in [1.54, 1.807) is 0 Å². The van der Waals surface area contributed by atoms with Crippen molar-refractivity contribution in [3.8, 4) is 0 Å². The zero-order chi connectivity index (χ0) is 14.0. The minimum Gasteiger partial charge on any atom is -0.389 e. The predicted molar refractivity (Wildman–Crippen MR) is 85.6 cm³/mol. The van der Waals surface area contributed by atoms with Gasteiger partial charge in [-0.1, -0.05) is 49.8 Å². The third kappa shape index (κ3) is 4.16. The summed E-state index contributed by atoms with van der Waals surface area (Å²) >= 11 is 11.3. The molecule has 4 heteroatoms. The highest BCUT2D eigenvalue weighted by atomic mass is 35.5. The Morgan fingerprint density at radius 1 is 1.47 bits per heavy atom. The maximum atomic E-state index is 6.34. The molecule has 19 heavy (non-hydrogen) atoms. The van der Waals surface area contributed by atoms with Crippen molar-refractivity contribution in [3.05, 3.63) is 34.3 Å². The molecular weight excluding hydrogens is 276 g/mol. The van der Waals surface area contributed by atoms with Crippen LogP contribution in [0.15, 0.2) is 18.2 Å². The van der Waals surface area contributed by atoms with Gasteiger partial charge in [0.25, 0.3) is 0 Å². The highest BCUT2D eigenvalue weighted by molar-refractivity contribution is 7.80. The molecule has 0 heterocycles. The average Bonchev–Trinajstić information content (AvgIpc) is 3.13. The van der Waals surface area contributed by atoms with Gasteiger partial charge in [-0.15, -0.1) is 0 Å². The zero-order valence-corrected chi connectivity index (χ0v) is 13.1. The fourth-order valence-corrected chi connectivity index (χ4v) is 2.67.